The van der Waals surface area contributed by atoms with Crippen molar-refractivity contribution >= 4 is 17.5 Å². The Balaban J connectivity index is 1.80. The van der Waals surface area contributed by atoms with E-state index in [4.69, 9.17) is 0 Å². The first-order valence-electron chi connectivity index (χ1n) is 9.58. The van der Waals surface area contributed by atoms with Gasteiger partial charge < -0.3 is 10.6 Å². The van der Waals surface area contributed by atoms with Gasteiger partial charge in [-0.2, -0.15) is 0 Å². The van der Waals surface area contributed by atoms with Gasteiger partial charge in [0.15, 0.2) is 0 Å². The van der Waals surface area contributed by atoms with E-state index in [-0.39, 0.29) is 17.4 Å². The molecule has 0 saturated carbocycles. The Morgan fingerprint density at radius 3 is 2.48 bits per heavy atom. The van der Waals surface area contributed by atoms with Crippen molar-refractivity contribution in [1.29, 1.82) is 0 Å². The number of halogens is 1. The topological polar surface area (TPSA) is 66.9 Å². The Kier molecular flexibility index (Phi) is 6.22. The summed E-state index contributed by atoms with van der Waals surface area (Å²) in [5, 5.41) is 6.11. The number of hydrogen-bond donors (Lipinski definition) is 2. The van der Waals surface area contributed by atoms with Gasteiger partial charge in [-0.1, -0.05) is 44.2 Å². The van der Waals surface area contributed by atoms with Gasteiger partial charge in [-0.15, -0.1) is 0 Å². The molecule has 1 heterocycles. The number of para-hydroxylation sites is 1. The summed E-state index contributed by atoms with van der Waals surface area (Å²) >= 11 is 0. The molecule has 3 rings (SSSR count). The fourth-order valence-electron chi connectivity index (χ4n) is 3.07. The number of carbonyl (C=O) groups is 1. The third-order valence-corrected chi connectivity index (χ3v) is 4.62. The molecule has 2 aromatic carbocycles. The molecule has 0 spiro atoms. The van der Waals surface area contributed by atoms with E-state index in [0.717, 1.165) is 22.4 Å². The second kappa shape index (κ2) is 8.82. The smallest absolute Gasteiger partial charge is 0.270 e. The van der Waals surface area contributed by atoms with Crippen molar-refractivity contribution < 1.29 is 9.18 Å². The second-order valence-electron chi connectivity index (χ2n) is 7.35. The van der Waals surface area contributed by atoms with Crippen LogP contribution in [0.3, 0.4) is 0 Å². The first-order valence-corrected chi connectivity index (χ1v) is 9.58. The van der Waals surface area contributed by atoms with E-state index in [1.807, 2.05) is 26.0 Å². The lowest BCUT2D eigenvalue weighted by Gasteiger charge is -2.17. The minimum atomic E-state index is -0.309. The molecule has 5 nitrogen and oxygen atoms in total. The number of nitrogens with one attached hydrogen (secondary N) is 2. The van der Waals surface area contributed by atoms with Gasteiger partial charge in [-0.05, 0) is 54.7 Å². The van der Waals surface area contributed by atoms with Crippen LogP contribution in [0.4, 0.5) is 16.0 Å². The number of carbonyl (C=O) groups excluding carboxylic acids is 1. The fourth-order valence-corrected chi connectivity index (χ4v) is 3.07. The Hall–Kier alpha value is -3.28. The van der Waals surface area contributed by atoms with Crippen LogP contribution in [-0.2, 0) is 6.54 Å². The average molecular weight is 392 g/mol. The summed E-state index contributed by atoms with van der Waals surface area (Å²) in [6.45, 7) is 8.40. The van der Waals surface area contributed by atoms with Crippen molar-refractivity contribution in [3.05, 3.63) is 82.4 Å². The van der Waals surface area contributed by atoms with Crippen LogP contribution < -0.4 is 10.6 Å². The first-order chi connectivity index (χ1) is 13.8. The highest BCUT2D eigenvalue weighted by Crippen LogP contribution is 2.29. The molecule has 0 fully saturated rings. The molecule has 0 aliphatic rings. The molecule has 0 aliphatic heterocycles. The molecule has 0 atom stereocenters. The van der Waals surface area contributed by atoms with Crippen LogP contribution in [0.2, 0.25) is 0 Å². The minimum absolute atomic E-state index is 0.279. The fraction of sp³-hybridized carbons (Fsp3) is 0.261. The monoisotopic (exact) mass is 392 g/mol. The molecule has 29 heavy (non-hydrogen) atoms. The molecular weight excluding hydrogens is 367 g/mol. The van der Waals surface area contributed by atoms with Crippen LogP contribution in [0, 0.1) is 19.7 Å². The van der Waals surface area contributed by atoms with Gasteiger partial charge in [0.05, 0.1) is 0 Å². The summed E-state index contributed by atoms with van der Waals surface area (Å²) in [5.74, 6) is 0.102. The van der Waals surface area contributed by atoms with Crippen LogP contribution in [0.25, 0.3) is 0 Å². The van der Waals surface area contributed by atoms with E-state index >= 15 is 0 Å². The molecule has 0 unspecified atom stereocenters. The van der Waals surface area contributed by atoms with Crippen LogP contribution in [0.15, 0.2) is 48.5 Å². The standard InChI is InChI=1S/C23H25FN4O/c1-14(2)19-7-5-6-15(3)21(19)28-23-26-16(4)12-20(27-23)22(29)25-13-17-8-10-18(24)11-9-17/h5-12,14H,13H2,1-4H3,(H,25,29)(H,26,27,28). The van der Waals surface area contributed by atoms with Gasteiger partial charge in [0.25, 0.3) is 5.91 Å². The lowest BCUT2D eigenvalue weighted by molar-refractivity contribution is 0.0945. The van der Waals surface area contributed by atoms with E-state index < -0.39 is 0 Å². The number of aromatic nitrogens is 2. The number of hydrogen-bond acceptors (Lipinski definition) is 4. The Bertz CT molecular complexity index is 1020. The molecule has 3 aromatic rings. The quantitative estimate of drug-likeness (QED) is 0.617. The molecule has 0 radical (unpaired) electrons. The van der Waals surface area contributed by atoms with Gasteiger partial charge in [0, 0.05) is 17.9 Å². The minimum Gasteiger partial charge on any atom is -0.347 e. The van der Waals surface area contributed by atoms with Crippen molar-refractivity contribution in [3.63, 3.8) is 0 Å². The summed E-state index contributed by atoms with van der Waals surface area (Å²) in [7, 11) is 0. The largest absolute Gasteiger partial charge is 0.347 e. The van der Waals surface area contributed by atoms with Crippen LogP contribution in [0.5, 0.6) is 0 Å². The maximum Gasteiger partial charge on any atom is 0.270 e. The molecule has 0 aliphatic carbocycles. The predicted molar refractivity (Wildman–Crippen MR) is 113 cm³/mol. The predicted octanol–water partition coefficient (Wildman–Crippen LogP) is 5.03. The summed E-state index contributed by atoms with van der Waals surface area (Å²) in [6.07, 6.45) is 0. The van der Waals surface area contributed by atoms with E-state index in [9.17, 15) is 9.18 Å². The third kappa shape index (κ3) is 5.16. The molecular formula is C23H25FN4O. The molecule has 150 valence electrons. The molecule has 2 N–H and O–H groups in total. The third-order valence-electron chi connectivity index (χ3n) is 4.62. The number of aryl methyl sites for hydroxylation is 2. The Morgan fingerprint density at radius 2 is 1.79 bits per heavy atom. The number of rotatable bonds is 6. The van der Waals surface area contributed by atoms with Crippen LogP contribution in [0.1, 0.15) is 52.6 Å². The molecule has 6 heteroatoms. The molecule has 0 saturated heterocycles. The van der Waals surface area contributed by atoms with Gasteiger partial charge in [0.1, 0.15) is 11.5 Å². The zero-order chi connectivity index (χ0) is 21.0. The second-order valence-corrected chi connectivity index (χ2v) is 7.35. The Labute approximate surface area is 170 Å². The summed E-state index contributed by atoms with van der Waals surface area (Å²) in [6, 6.07) is 13.8. The van der Waals surface area contributed by atoms with Gasteiger partial charge in [-0.25, -0.2) is 14.4 Å². The molecule has 0 bridgehead atoms. The summed E-state index contributed by atoms with van der Waals surface area (Å²) < 4.78 is 13.0. The summed E-state index contributed by atoms with van der Waals surface area (Å²) in [4.78, 5) is 21.4. The van der Waals surface area contributed by atoms with E-state index in [1.54, 1.807) is 18.2 Å². The van der Waals surface area contributed by atoms with Gasteiger partial charge in [-0.3, -0.25) is 4.79 Å². The highest BCUT2D eigenvalue weighted by atomic mass is 19.1. The number of nitrogens with zero attached hydrogens (tertiary/aromatic N) is 2. The van der Waals surface area contributed by atoms with Crippen molar-refractivity contribution in [2.75, 3.05) is 5.32 Å². The number of anilines is 2. The van der Waals surface area contributed by atoms with Crippen molar-refractivity contribution in [2.24, 2.45) is 0 Å². The Morgan fingerprint density at radius 1 is 1.07 bits per heavy atom. The molecule has 1 aromatic heterocycles. The summed E-state index contributed by atoms with van der Waals surface area (Å²) in [5.41, 5.74) is 4.99. The molecule has 1 amide bonds. The number of amides is 1. The highest BCUT2D eigenvalue weighted by molar-refractivity contribution is 5.92. The van der Waals surface area contributed by atoms with Gasteiger partial charge in [0.2, 0.25) is 5.95 Å². The first kappa shape index (κ1) is 20.5. The van der Waals surface area contributed by atoms with Crippen LogP contribution >= 0.6 is 0 Å². The maximum atomic E-state index is 13.0. The lowest BCUT2D eigenvalue weighted by atomic mass is 9.98. The highest BCUT2D eigenvalue weighted by Gasteiger charge is 2.14. The van der Waals surface area contributed by atoms with Crippen molar-refractivity contribution in [1.82, 2.24) is 15.3 Å². The number of benzene rings is 2. The zero-order valence-corrected chi connectivity index (χ0v) is 17.1. The zero-order valence-electron chi connectivity index (χ0n) is 17.1. The van der Waals surface area contributed by atoms with E-state index in [1.165, 1.54) is 12.1 Å². The lowest BCUT2D eigenvalue weighted by Crippen LogP contribution is -2.24. The van der Waals surface area contributed by atoms with Crippen molar-refractivity contribution in [2.45, 2.75) is 40.2 Å². The van der Waals surface area contributed by atoms with Crippen LogP contribution in [-0.4, -0.2) is 15.9 Å². The SMILES string of the molecule is Cc1cc(C(=O)NCc2ccc(F)cc2)nc(Nc2c(C)cccc2C(C)C)n1. The average Bonchev–Trinajstić information content (AvgIpc) is 2.68. The normalized spacial score (nSPS) is 10.8. The van der Waals surface area contributed by atoms with E-state index in [2.05, 4.69) is 40.5 Å². The van der Waals surface area contributed by atoms with Crippen molar-refractivity contribution in [3.8, 4) is 0 Å². The maximum absolute atomic E-state index is 13.0. The van der Waals surface area contributed by atoms with Gasteiger partial charge >= 0.3 is 0 Å². The van der Waals surface area contributed by atoms with E-state index in [0.29, 0.717) is 24.1 Å².